The minimum Gasteiger partial charge on any atom is -0.504 e. The highest BCUT2D eigenvalue weighted by molar-refractivity contribution is 5.49. The Morgan fingerprint density at radius 3 is 2.67 bits per heavy atom. The van der Waals surface area contributed by atoms with Crippen molar-refractivity contribution >= 4 is 0 Å². The highest BCUT2D eigenvalue weighted by Crippen LogP contribution is 2.36. The quantitative estimate of drug-likeness (QED) is 0.698. The third-order valence-corrected chi connectivity index (χ3v) is 2.20. The van der Waals surface area contributed by atoms with Gasteiger partial charge in [-0.15, -0.1) is 0 Å². The van der Waals surface area contributed by atoms with Gasteiger partial charge in [-0.3, -0.25) is 0 Å². The van der Waals surface area contributed by atoms with E-state index in [-0.39, 0.29) is 23.6 Å². The third kappa shape index (κ3) is 2.03. The summed E-state index contributed by atoms with van der Waals surface area (Å²) < 4.78 is 18.4. The molecular formula is C10H14FNO3. The van der Waals surface area contributed by atoms with E-state index in [1.165, 1.54) is 13.2 Å². The number of halogens is 1. The average Bonchev–Trinajstić information content (AvgIpc) is 2.23. The Hall–Kier alpha value is -1.33. The monoisotopic (exact) mass is 215 g/mol. The molecule has 0 aliphatic rings. The minimum absolute atomic E-state index is 0.0321. The van der Waals surface area contributed by atoms with Crippen molar-refractivity contribution in [1.82, 2.24) is 0 Å². The molecule has 0 saturated carbocycles. The number of aryl methyl sites for hydroxylation is 1. The molecular weight excluding hydrogens is 201 g/mol. The van der Waals surface area contributed by atoms with Crippen molar-refractivity contribution in [3.8, 4) is 11.5 Å². The topological polar surface area (TPSA) is 75.7 Å². The van der Waals surface area contributed by atoms with Crippen LogP contribution in [-0.2, 0) is 0 Å². The molecule has 84 valence electrons. The Morgan fingerprint density at radius 2 is 2.20 bits per heavy atom. The van der Waals surface area contributed by atoms with Gasteiger partial charge in [-0.25, -0.2) is 4.39 Å². The molecule has 0 amide bonds. The number of nitrogens with two attached hydrogens (primary N) is 1. The Morgan fingerprint density at radius 1 is 1.60 bits per heavy atom. The molecule has 0 spiro atoms. The van der Waals surface area contributed by atoms with Crippen LogP contribution in [0.15, 0.2) is 6.07 Å². The fraction of sp³-hybridized carbons (Fsp3) is 0.400. The fourth-order valence-corrected chi connectivity index (χ4v) is 1.33. The van der Waals surface area contributed by atoms with Crippen molar-refractivity contribution in [3.05, 3.63) is 23.0 Å². The molecule has 1 aromatic carbocycles. The van der Waals surface area contributed by atoms with Crippen LogP contribution in [0.25, 0.3) is 0 Å². The first kappa shape index (κ1) is 11.7. The maximum absolute atomic E-state index is 13.7. The Bertz CT molecular complexity index is 368. The largest absolute Gasteiger partial charge is 0.504 e. The third-order valence-electron chi connectivity index (χ3n) is 2.20. The van der Waals surface area contributed by atoms with E-state index in [9.17, 15) is 14.6 Å². The summed E-state index contributed by atoms with van der Waals surface area (Å²) >= 11 is 0. The lowest BCUT2D eigenvalue weighted by Gasteiger charge is -2.14. The first-order valence-corrected chi connectivity index (χ1v) is 4.47. The molecule has 4 N–H and O–H groups in total. The molecule has 0 bridgehead atoms. The van der Waals surface area contributed by atoms with E-state index in [2.05, 4.69) is 0 Å². The van der Waals surface area contributed by atoms with Crippen LogP contribution in [0.3, 0.4) is 0 Å². The summed E-state index contributed by atoms with van der Waals surface area (Å²) in [6.45, 7) is 1.49. The highest BCUT2D eigenvalue weighted by Gasteiger charge is 2.20. The number of ether oxygens (including phenoxy) is 1. The van der Waals surface area contributed by atoms with Gasteiger partial charge in [-0.1, -0.05) is 0 Å². The van der Waals surface area contributed by atoms with Crippen LogP contribution >= 0.6 is 0 Å². The number of methoxy groups -OCH3 is 1. The van der Waals surface area contributed by atoms with Crippen LogP contribution in [0.1, 0.15) is 17.2 Å². The molecule has 5 heteroatoms. The summed E-state index contributed by atoms with van der Waals surface area (Å²) in [5, 5.41) is 18.9. The van der Waals surface area contributed by atoms with E-state index in [0.717, 1.165) is 0 Å². The van der Waals surface area contributed by atoms with Gasteiger partial charge in [0.15, 0.2) is 17.3 Å². The van der Waals surface area contributed by atoms with E-state index < -0.39 is 11.9 Å². The zero-order valence-electron chi connectivity index (χ0n) is 8.62. The molecule has 0 aliphatic heterocycles. The first-order valence-electron chi connectivity index (χ1n) is 4.47. The number of aliphatic hydroxyl groups excluding tert-OH is 1. The molecule has 1 unspecified atom stereocenters. The molecule has 1 aromatic rings. The number of rotatable bonds is 3. The van der Waals surface area contributed by atoms with Gasteiger partial charge in [-0.05, 0) is 18.6 Å². The van der Waals surface area contributed by atoms with Crippen LogP contribution in [0.5, 0.6) is 11.5 Å². The maximum Gasteiger partial charge on any atom is 0.197 e. The van der Waals surface area contributed by atoms with Crippen molar-refractivity contribution in [2.24, 2.45) is 5.73 Å². The van der Waals surface area contributed by atoms with Gasteiger partial charge in [0.05, 0.1) is 13.2 Å². The molecule has 0 fully saturated rings. The van der Waals surface area contributed by atoms with E-state index in [1.807, 2.05) is 0 Å². The lowest BCUT2D eigenvalue weighted by atomic mass is 10.0. The molecule has 0 heterocycles. The summed E-state index contributed by atoms with van der Waals surface area (Å²) in [5.41, 5.74) is 5.69. The van der Waals surface area contributed by atoms with Crippen molar-refractivity contribution in [2.75, 3.05) is 13.7 Å². The van der Waals surface area contributed by atoms with Crippen LogP contribution in [-0.4, -0.2) is 23.9 Å². The van der Waals surface area contributed by atoms with E-state index >= 15 is 0 Å². The lowest BCUT2D eigenvalue weighted by molar-refractivity contribution is 0.180. The highest BCUT2D eigenvalue weighted by atomic mass is 19.1. The second-order valence-corrected chi connectivity index (χ2v) is 3.23. The van der Waals surface area contributed by atoms with E-state index in [1.54, 1.807) is 6.92 Å². The smallest absolute Gasteiger partial charge is 0.197 e. The summed E-state index contributed by atoms with van der Waals surface area (Å²) in [6, 6.07) is 1.35. The predicted molar refractivity (Wildman–Crippen MR) is 53.4 cm³/mol. The zero-order valence-corrected chi connectivity index (χ0v) is 8.62. The van der Waals surface area contributed by atoms with Crippen LogP contribution in [0.4, 0.5) is 4.39 Å². The predicted octanol–water partition coefficient (Wildman–Crippen LogP) is 0.840. The summed E-state index contributed by atoms with van der Waals surface area (Å²) in [5.74, 6) is -1.31. The van der Waals surface area contributed by atoms with Crippen molar-refractivity contribution in [2.45, 2.75) is 13.0 Å². The zero-order chi connectivity index (χ0) is 11.6. The molecule has 0 saturated heterocycles. The second kappa shape index (κ2) is 4.46. The average molecular weight is 215 g/mol. The van der Waals surface area contributed by atoms with Gasteiger partial charge in [-0.2, -0.15) is 0 Å². The molecule has 0 radical (unpaired) electrons. The summed E-state index contributed by atoms with van der Waals surface area (Å²) in [7, 11) is 1.25. The van der Waals surface area contributed by atoms with Gasteiger partial charge < -0.3 is 20.7 Å². The maximum atomic E-state index is 13.7. The minimum atomic E-state index is -1.10. The van der Waals surface area contributed by atoms with Crippen molar-refractivity contribution < 1.29 is 19.3 Å². The standard InChI is InChI=1S/C10H14FNO3/c1-5-3-6(7(13)4-12)8(11)10(15-2)9(5)14/h3,7,13-14H,4,12H2,1-2H3. The van der Waals surface area contributed by atoms with E-state index in [4.69, 9.17) is 10.5 Å². The number of phenols is 1. The first-order chi connectivity index (χ1) is 7.02. The van der Waals surface area contributed by atoms with E-state index in [0.29, 0.717) is 5.56 Å². The van der Waals surface area contributed by atoms with Gasteiger partial charge >= 0.3 is 0 Å². The Kier molecular flexibility index (Phi) is 3.49. The SMILES string of the molecule is COc1c(O)c(C)cc(C(O)CN)c1F. The molecule has 4 nitrogen and oxygen atoms in total. The number of benzene rings is 1. The summed E-state index contributed by atoms with van der Waals surface area (Å²) in [6.07, 6.45) is -1.10. The van der Waals surface area contributed by atoms with Crippen LogP contribution in [0, 0.1) is 12.7 Å². The normalized spacial score (nSPS) is 12.6. The Balaban J connectivity index is 3.36. The van der Waals surface area contributed by atoms with Gasteiger partial charge in [0, 0.05) is 12.1 Å². The molecule has 0 aliphatic carbocycles. The van der Waals surface area contributed by atoms with Gasteiger partial charge in [0.25, 0.3) is 0 Å². The molecule has 1 atom stereocenters. The number of aromatic hydroxyl groups is 1. The van der Waals surface area contributed by atoms with Crippen molar-refractivity contribution in [3.63, 3.8) is 0 Å². The lowest BCUT2D eigenvalue weighted by Crippen LogP contribution is -2.13. The molecule has 1 rings (SSSR count). The number of hydrogen-bond acceptors (Lipinski definition) is 4. The molecule has 15 heavy (non-hydrogen) atoms. The van der Waals surface area contributed by atoms with Crippen molar-refractivity contribution in [1.29, 1.82) is 0 Å². The summed E-state index contributed by atoms with van der Waals surface area (Å²) in [4.78, 5) is 0. The Labute approximate surface area is 87.1 Å². The number of phenolic OH excluding ortho intramolecular Hbond substituents is 1. The fourth-order valence-electron chi connectivity index (χ4n) is 1.33. The number of hydrogen-bond donors (Lipinski definition) is 3. The van der Waals surface area contributed by atoms with Crippen LogP contribution < -0.4 is 10.5 Å². The second-order valence-electron chi connectivity index (χ2n) is 3.23. The van der Waals surface area contributed by atoms with Gasteiger partial charge in [0.2, 0.25) is 0 Å². The van der Waals surface area contributed by atoms with Crippen LogP contribution in [0.2, 0.25) is 0 Å². The van der Waals surface area contributed by atoms with Gasteiger partial charge in [0.1, 0.15) is 0 Å². The molecule has 0 aromatic heterocycles. The number of aliphatic hydroxyl groups is 1.